The number of hydrogen-bond acceptors (Lipinski definition) is 3. The largest absolute Gasteiger partial charge is 0.497 e. The Morgan fingerprint density at radius 1 is 1.08 bits per heavy atom. The lowest BCUT2D eigenvalue weighted by atomic mass is 10.0. The highest BCUT2D eigenvalue weighted by molar-refractivity contribution is 7.80. The summed E-state index contributed by atoms with van der Waals surface area (Å²) in [5, 5.41) is 7.11. The number of nitrogens with one attached hydrogen (secondary N) is 2. The standard InChI is InChI=1S/C20H27N3OS/c1-15(2)16-5-7-17(8-6-16)22-20(25)21-13-14-23(3)18-9-11-19(24-4)12-10-18/h5-12,15H,13-14H2,1-4H3,(H2,21,22,25). The average Bonchev–Trinajstić information content (AvgIpc) is 2.62. The maximum absolute atomic E-state index is 5.36. The van der Waals surface area contributed by atoms with Crippen molar-refractivity contribution >= 4 is 28.7 Å². The van der Waals surface area contributed by atoms with Crippen LogP contribution in [0.1, 0.15) is 25.3 Å². The molecule has 2 N–H and O–H groups in total. The van der Waals surface area contributed by atoms with E-state index in [0.29, 0.717) is 11.0 Å². The van der Waals surface area contributed by atoms with E-state index in [1.54, 1.807) is 7.11 Å². The summed E-state index contributed by atoms with van der Waals surface area (Å²) in [6, 6.07) is 16.4. The lowest BCUT2D eigenvalue weighted by Gasteiger charge is -2.20. The van der Waals surface area contributed by atoms with Gasteiger partial charge in [0.1, 0.15) is 5.75 Å². The topological polar surface area (TPSA) is 36.5 Å². The molecule has 0 unspecified atom stereocenters. The molecule has 0 aliphatic carbocycles. The van der Waals surface area contributed by atoms with Crippen LogP contribution in [-0.4, -0.2) is 32.4 Å². The Kier molecular flexibility index (Phi) is 7.07. The van der Waals surface area contributed by atoms with Gasteiger partial charge in [0, 0.05) is 31.5 Å². The van der Waals surface area contributed by atoms with Crippen LogP contribution in [0.4, 0.5) is 11.4 Å². The first-order valence-corrected chi connectivity index (χ1v) is 8.90. The number of hydrogen-bond donors (Lipinski definition) is 2. The van der Waals surface area contributed by atoms with Crippen LogP contribution in [0.3, 0.4) is 0 Å². The van der Waals surface area contributed by atoms with Gasteiger partial charge in [0.15, 0.2) is 5.11 Å². The monoisotopic (exact) mass is 357 g/mol. The van der Waals surface area contributed by atoms with Crippen molar-refractivity contribution in [3.05, 3.63) is 54.1 Å². The molecule has 2 aromatic rings. The predicted octanol–water partition coefficient (Wildman–Crippen LogP) is 4.24. The Morgan fingerprint density at radius 2 is 1.72 bits per heavy atom. The first-order valence-electron chi connectivity index (χ1n) is 8.49. The maximum Gasteiger partial charge on any atom is 0.170 e. The summed E-state index contributed by atoms with van der Waals surface area (Å²) in [6.45, 7) is 5.99. The Morgan fingerprint density at radius 3 is 2.28 bits per heavy atom. The van der Waals surface area contributed by atoms with Gasteiger partial charge in [0.2, 0.25) is 0 Å². The summed E-state index contributed by atoms with van der Waals surface area (Å²) in [7, 11) is 3.73. The SMILES string of the molecule is COc1ccc(N(C)CCNC(=S)Nc2ccc(C(C)C)cc2)cc1. The second-order valence-corrected chi connectivity index (χ2v) is 6.69. The molecule has 0 heterocycles. The van der Waals surface area contributed by atoms with Crippen molar-refractivity contribution in [1.82, 2.24) is 5.32 Å². The normalized spacial score (nSPS) is 10.4. The van der Waals surface area contributed by atoms with Crippen molar-refractivity contribution in [3.8, 4) is 5.75 Å². The van der Waals surface area contributed by atoms with Crippen LogP contribution >= 0.6 is 12.2 Å². The van der Waals surface area contributed by atoms with Crippen molar-refractivity contribution in [3.63, 3.8) is 0 Å². The second-order valence-electron chi connectivity index (χ2n) is 6.28. The van der Waals surface area contributed by atoms with E-state index in [4.69, 9.17) is 17.0 Å². The van der Waals surface area contributed by atoms with Gasteiger partial charge >= 0.3 is 0 Å². The van der Waals surface area contributed by atoms with Crippen LogP contribution in [-0.2, 0) is 0 Å². The zero-order chi connectivity index (χ0) is 18.2. The van der Waals surface area contributed by atoms with Crippen molar-refractivity contribution in [1.29, 1.82) is 0 Å². The van der Waals surface area contributed by atoms with E-state index >= 15 is 0 Å². The van der Waals surface area contributed by atoms with Gasteiger partial charge in [-0.1, -0.05) is 26.0 Å². The Balaban J connectivity index is 1.75. The zero-order valence-electron chi connectivity index (χ0n) is 15.4. The molecule has 0 atom stereocenters. The first kappa shape index (κ1) is 19.1. The molecule has 0 aromatic heterocycles. The minimum absolute atomic E-state index is 0.535. The molecule has 0 radical (unpaired) electrons. The van der Waals surface area contributed by atoms with Gasteiger partial charge in [0.25, 0.3) is 0 Å². The summed E-state index contributed by atoms with van der Waals surface area (Å²) in [6.07, 6.45) is 0. The fraction of sp³-hybridized carbons (Fsp3) is 0.350. The Bertz CT molecular complexity index is 668. The fourth-order valence-corrected chi connectivity index (χ4v) is 2.65. The molecule has 0 amide bonds. The summed E-state index contributed by atoms with van der Waals surface area (Å²) < 4.78 is 5.18. The lowest BCUT2D eigenvalue weighted by molar-refractivity contribution is 0.415. The van der Waals surface area contributed by atoms with Crippen molar-refractivity contribution in [2.75, 3.05) is 37.5 Å². The van der Waals surface area contributed by atoms with Crippen LogP contribution in [0, 0.1) is 0 Å². The van der Waals surface area contributed by atoms with E-state index in [1.165, 1.54) is 5.56 Å². The van der Waals surface area contributed by atoms with Gasteiger partial charge in [0.05, 0.1) is 7.11 Å². The van der Waals surface area contributed by atoms with Gasteiger partial charge in [-0.05, 0) is 60.1 Å². The second kappa shape index (κ2) is 9.28. The van der Waals surface area contributed by atoms with Gasteiger partial charge in [-0.15, -0.1) is 0 Å². The molecule has 134 valence electrons. The Hall–Kier alpha value is -2.27. The number of nitrogens with zero attached hydrogens (tertiary/aromatic N) is 1. The van der Waals surface area contributed by atoms with E-state index in [-0.39, 0.29) is 0 Å². The minimum atomic E-state index is 0.535. The highest BCUT2D eigenvalue weighted by atomic mass is 32.1. The summed E-state index contributed by atoms with van der Waals surface area (Å²) in [5.41, 5.74) is 3.47. The van der Waals surface area contributed by atoms with Crippen LogP contribution < -0.4 is 20.3 Å². The lowest BCUT2D eigenvalue weighted by Crippen LogP contribution is -2.35. The molecule has 0 fully saturated rings. The van der Waals surface area contributed by atoms with Crippen molar-refractivity contribution < 1.29 is 4.74 Å². The molecule has 0 aliphatic rings. The smallest absolute Gasteiger partial charge is 0.170 e. The fourth-order valence-electron chi connectivity index (χ4n) is 2.43. The Labute approximate surface area is 156 Å². The average molecular weight is 358 g/mol. The van der Waals surface area contributed by atoms with E-state index in [2.05, 4.69) is 60.7 Å². The molecular weight excluding hydrogens is 330 g/mol. The highest BCUT2D eigenvalue weighted by Gasteiger charge is 2.03. The quantitative estimate of drug-likeness (QED) is 0.725. The van der Waals surface area contributed by atoms with Crippen molar-refractivity contribution in [2.45, 2.75) is 19.8 Å². The van der Waals surface area contributed by atoms with E-state index < -0.39 is 0 Å². The maximum atomic E-state index is 5.36. The third kappa shape index (κ3) is 5.94. The third-order valence-electron chi connectivity index (χ3n) is 4.08. The summed E-state index contributed by atoms with van der Waals surface area (Å²) in [5.74, 6) is 1.40. The van der Waals surface area contributed by atoms with Gasteiger partial charge < -0.3 is 20.3 Å². The number of benzene rings is 2. The molecule has 0 saturated carbocycles. The van der Waals surface area contributed by atoms with Crippen LogP contribution in [0.25, 0.3) is 0 Å². The third-order valence-corrected chi connectivity index (χ3v) is 4.33. The van der Waals surface area contributed by atoms with Gasteiger partial charge in [-0.2, -0.15) is 0 Å². The number of rotatable bonds is 7. The van der Waals surface area contributed by atoms with Crippen LogP contribution in [0.15, 0.2) is 48.5 Å². The molecule has 0 saturated heterocycles. The summed E-state index contributed by atoms with van der Waals surface area (Å²) in [4.78, 5) is 2.17. The van der Waals surface area contributed by atoms with Gasteiger partial charge in [-0.3, -0.25) is 0 Å². The van der Waals surface area contributed by atoms with Gasteiger partial charge in [-0.25, -0.2) is 0 Å². The number of methoxy groups -OCH3 is 1. The van der Waals surface area contributed by atoms with Crippen molar-refractivity contribution in [2.24, 2.45) is 0 Å². The molecule has 0 bridgehead atoms. The van der Waals surface area contributed by atoms with E-state index in [1.807, 2.05) is 24.3 Å². The molecule has 0 spiro atoms. The molecule has 2 aromatic carbocycles. The highest BCUT2D eigenvalue weighted by Crippen LogP contribution is 2.18. The minimum Gasteiger partial charge on any atom is -0.497 e. The van der Waals surface area contributed by atoms with Crippen LogP contribution in [0.2, 0.25) is 0 Å². The molecule has 5 heteroatoms. The number of likely N-dealkylation sites (N-methyl/N-ethyl adjacent to an activating group) is 1. The van der Waals surface area contributed by atoms with Crippen LogP contribution in [0.5, 0.6) is 5.75 Å². The zero-order valence-corrected chi connectivity index (χ0v) is 16.2. The predicted molar refractivity (Wildman–Crippen MR) is 111 cm³/mol. The number of ether oxygens (including phenoxy) is 1. The summed E-state index contributed by atoms with van der Waals surface area (Å²) >= 11 is 5.36. The molecular formula is C20H27N3OS. The number of thiocarbonyl (C=S) groups is 1. The number of anilines is 2. The van der Waals surface area contributed by atoms with E-state index in [9.17, 15) is 0 Å². The molecule has 2 rings (SSSR count). The molecule has 0 aliphatic heterocycles. The molecule has 4 nitrogen and oxygen atoms in total. The molecule has 25 heavy (non-hydrogen) atoms. The van der Waals surface area contributed by atoms with E-state index in [0.717, 1.165) is 30.2 Å². The first-order chi connectivity index (χ1) is 12.0.